The molecule has 0 aliphatic rings. The Morgan fingerprint density at radius 1 is 0.781 bits per heavy atom. The Bertz CT molecular complexity index is 770. The number of halogens is 1. The van der Waals surface area contributed by atoms with Crippen LogP contribution >= 0.6 is 11.6 Å². The molecular weight excluding hydrogens is 420 g/mol. The number of ether oxygens (including phenoxy) is 2. The minimum Gasteiger partial charge on any atom is -0.494 e. The van der Waals surface area contributed by atoms with Crippen LogP contribution in [0.1, 0.15) is 78.6 Å². The minimum atomic E-state index is -0.627. The van der Waals surface area contributed by atoms with Crippen LogP contribution in [0.4, 0.5) is 0 Å². The third kappa shape index (κ3) is 9.24. The highest BCUT2D eigenvalue weighted by Crippen LogP contribution is 2.26. The number of benzene rings is 2. The van der Waals surface area contributed by atoms with E-state index in [4.69, 9.17) is 21.1 Å². The average molecular weight is 459 g/mol. The second-order valence-corrected chi connectivity index (χ2v) is 9.05. The second-order valence-electron chi connectivity index (χ2n) is 8.58. The van der Waals surface area contributed by atoms with Crippen LogP contribution in [0.15, 0.2) is 48.5 Å². The van der Waals surface area contributed by atoms with E-state index in [1.54, 1.807) is 12.1 Å². The predicted octanol–water partition coefficient (Wildman–Crippen LogP) is 8.43. The van der Waals surface area contributed by atoms with Crippen LogP contribution in [-0.2, 0) is 4.79 Å². The topological polar surface area (TPSA) is 35.5 Å². The highest BCUT2D eigenvalue weighted by atomic mass is 35.5. The van der Waals surface area contributed by atoms with Crippen LogP contribution in [0.25, 0.3) is 11.1 Å². The van der Waals surface area contributed by atoms with Gasteiger partial charge in [-0.15, -0.1) is 11.6 Å². The van der Waals surface area contributed by atoms with Crippen molar-refractivity contribution in [3.05, 3.63) is 48.5 Å². The van der Waals surface area contributed by atoms with Crippen molar-refractivity contribution in [1.29, 1.82) is 0 Å². The van der Waals surface area contributed by atoms with Crippen molar-refractivity contribution in [3.8, 4) is 22.6 Å². The van der Waals surface area contributed by atoms with Crippen molar-refractivity contribution in [2.75, 3.05) is 6.61 Å². The maximum absolute atomic E-state index is 12.1. The van der Waals surface area contributed by atoms with Crippen LogP contribution < -0.4 is 9.47 Å². The van der Waals surface area contributed by atoms with E-state index in [0.29, 0.717) is 5.75 Å². The first-order chi connectivity index (χ1) is 15.5. The molecule has 0 bridgehead atoms. The number of unbranched alkanes of at least 4 members (excludes halogenated alkanes) is 7. The van der Waals surface area contributed by atoms with Gasteiger partial charge in [0.2, 0.25) is 0 Å². The number of alkyl halides is 1. The second kappa shape index (κ2) is 14.9. The molecule has 0 spiro atoms. The minimum absolute atomic E-state index is 0.0831. The number of carbonyl (C=O) groups is 1. The van der Waals surface area contributed by atoms with E-state index >= 15 is 0 Å². The lowest BCUT2D eigenvalue weighted by atomic mass is 10.0. The fourth-order valence-electron chi connectivity index (χ4n) is 3.50. The van der Waals surface area contributed by atoms with Gasteiger partial charge in [0.1, 0.15) is 16.9 Å². The third-order valence-electron chi connectivity index (χ3n) is 5.90. The first-order valence-electron chi connectivity index (χ1n) is 12.2. The van der Waals surface area contributed by atoms with Crippen molar-refractivity contribution >= 4 is 17.6 Å². The Hall–Kier alpha value is -2.00. The molecule has 0 saturated carbocycles. The van der Waals surface area contributed by atoms with Crippen LogP contribution in [0.2, 0.25) is 0 Å². The summed E-state index contributed by atoms with van der Waals surface area (Å²) < 4.78 is 11.3. The largest absolute Gasteiger partial charge is 0.494 e. The molecule has 2 rings (SSSR count). The molecule has 0 unspecified atom stereocenters. The van der Waals surface area contributed by atoms with Crippen LogP contribution in [0.5, 0.6) is 11.5 Å². The molecule has 0 aliphatic carbocycles. The van der Waals surface area contributed by atoms with E-state index in [9.17, 15) is 4.79 Å². The fourth-order valence-corrected chi connectivity index (χ4v) is 3.72. The van der Waals surface area contributed by atoms with Gasteiger partial charge in [0.15, 0.2) is 0 Å². The van der Waals surface area contributed by atoms with E-state index in [2.05, 4.69) is 19.1 Å². The molecule has 0 saturated heterocycles. The van der Waals surface area contributed by atoms with Gasteiger partial charge in [-0.3, -0.25) is 4.79 Å². The van der Waals surface area contributed by atoms with Crippen molar-refractivity contribution in [2.24, 2.45) is 5.92 Å². The van der Waals surface area contributed by atoms with E-state index in [0.717, 1.165) is 36.3 Å². The molecule has 2 aromatic rings. The number of carbonyl (C=O) groups excluding carboxylic acids is 1. The molecule has 3 nitrogen and oxygen atoms in total. The maximum atomic E-state index is 12.1. The zero-order chi connectivity index (χ0) is 23.2. The van der Waals surface area contributed by atoms with Crippen molar-refractivity contribution in [3.63, 3.8) is 0 Å². The molecule has 32 heavy (non-hydrogen) atoms. The lowest BCUT2D eigenvalue weighted by molar-refractivity contribution is -0.134. The summed E-state index contributed by atoms with van der Waals surface area (Å²) in [5, 5.41) is -0.627. The molecule has 4 heteroatoms. The summed E-state index contributed by atoms with van der Waals surface area (Å²) in [7, 11) is 0. The zero-order valence-electron chi connectivity index (χ0n) is 19.9. The number of hydrogen-bond acceptors (Lipinski definition) is 3. The highest BCUT2D eigenvalue weighted by Gasteiger charge is 2.23. The molecule has 0 N–H and O–H groups in total. The molecule has 0 aromatic heterocycles. The SMILES string of the molecule is CCCCCCCCCCOc1ccc(-c2ccc(OC(=O)[C@@H](Cl)[C@@H](C)CC)cc2)cc1. The van der Waals surface area contributed by atoms with E-state index < -0.39 is 11.3 Å². The average Bonchev–Trinajstić information content (AvgIpc) is 2.83. The zero-order valence-corrected chi connectivity index (χ0v) is 20.7. The summed E-state index contributed by atoms with van der Waals surface area (Å²) in [5.41, 5.74) is 2.15. The summed E-state index contributed by atoms with van der Waals surface area (Å²) in [6, 6.07) is 15.7. The molecule has 0 heterocycles. The van der Waals surface area contributed by atoms with Crippen molar-refractivity contribution < 1.29 is 14.3 Å². The first-order valence-corrected chi connectivity index (χ1v) is 12.7. The summed E-state index contributed by atoms with van der Waals surface area (Å²) in [5.74, 6) is 1.10. The van der Waals surface area contributed by atoms with E-state index in [1.807, 2.05) is 38.1 Å². The first kappa shape index (κ1) is 26.3. The van der Waals surface area contributed by atoms with Gasteiger partial charge < -0.3 is 9.47 Å². The third-order valence-corrected chi connectivity index (χ3v) is 6.50. The van der Waals surface area contributed by atoms with Crippen LogP contribution in [0, 0.1) is 5.92 Å². The monoisotopic (exact) mass is 458 g/mol. The van der Waals surface area contributed by atoms with Gasteiger partial charge in [0.05, 0.1) is 6.61 Å². The van der Waals surface area contributed by atoms with Gasteiger partial charge in [-0.1, -0.05) is 96.4 Å². The van der Waals surface area contributed by atoms with E-state index in [1.165, 1.54) is 44.9 Å². The molecule has 2 aromatic carbocycles. The molecule has 2 atom stereocenters. The number of rotatable bonds is 15. The standard InChI is InChI=1S/C28H39ClO3/c1-4-6-7-8-9-10-11-12-21-31-25-17-13-23(14-18-25)24-15-19-26(20-16-24)32-28(30)27(29)22(3)5-2/h13-20,22,27H,4-12,21H2,1-3H3/t22-,27-/m0/s1. The summed E-state index contributed by atoms with van der Waals surface area (Å²) in [6.07, 6.45) is 11.2. The van der Waals surface area contributed by atoms with Gasteiger partial charge in [0, 0.05) is 0 Å². The Morgan fingerprint density at radius 2 is 1.28 bits per heavy atom. The Morgan fingerprint density at radius 3 is 1.81 bits per heavy atom. The molecule has 176 valence electrons. The van der Waals surface area contributed by atoms with Gasteiger partial charge in [-0.2, -0.15) is 0 Å². The highest BCUT2D eigenvalue weighted by molar-refractivity contribution is 6.30. The van der Waals surface area contributed by atoms with Crippen molar-refractivity contribution in [2.45, 2.75) is 83.9 Å². The Kier molecular flexibility index (Phi) is 12.3. The lowest BCUT2D eigenvalue weighted by Gasteiger charge is -2.15. The quantitative estimate of drug-likeness (QED) is 0.116. The van der Waals surface area contributed by atoms with Gasteiger partial charge in [0.25, 0.3) is 0 Å². The van der Waals surface area contributed by atoms with Crippen molar-refractivity contribution in [1.82, 2.24) is 0 Å². The molecule has 0 fully saturated rings. The number of esters is 1. The predicted molar refractivity (Wildman–Crippen MR) is 135 cm³/mol. The molecule has 0 radical (unpaired) electrons. The summed E-state index contributed by atoms with van der Waals surface area (Å²) in [4.78, 5) is 12.1. The Labute approximate surface area is 199 Å². The molecule has 0 aliphatic heterocycles. The molecule has 0 amide bonds. The lowest BCUT2D eigenvalue weighted by Crippen LogP contribution is -2.26. The van der Waals surface area contributed by atoms with Gasteiger partial charge >= 0.3 is 5.97 Å². The Balaban J connectivity index is 1.74. The van der Waals surface area contributed by atoms with E-state index in [-0.39, 0.29) is 5.92 Å². The fraction of sp³-hybridized carbons (Fsp3) is 0.536. The number of hydrogen-bond donors (Lipinski definition) is 0. The normalized spacial score (nSPS) is 12.9. The summed E-state index contributed by atoms with van der Waals surface area (Å²) >= 11 is 6.17. The van der Waals surface area contributed by atoms with Crippen LogP contribution in [-0.4, -0.2) is 18.0 Å². The van der Waals surface area contributed by atoms with Crippen LogP contribution in [0.3, 0.4) is 0 Å². The molecular formula is C28H39ClO3. The van der Waals surface area contributed by atoms with Gasteiger partial charge in [-0.05, 0) is 47.7 Å². The maximum Gasteiger partial charge on any atom is 0.329 e. The van der Waals surface area contributed by atoms with Gasteiger partial charge in [-0.25, -0.2) is 0 Å². The smallest absolute Gasteiger partial charge is 0.329 e. The summed E-state index contributed by atoms with van der Waals surface area (Å²) in [6.45, 7) is 6.98.